The van der Waals surface area contributed by atoms with Gasteiger partial charge in [0.05, 0.1) is 24.6 Å². The Balaban J connectivity index is 1.65. The molecule has 0 amide bonds. The van der Waals surface area contributed by atoms with Gasteiger partial charge in [-0.1, -0.05) is 43.3 Å². The molecule has 0 N–H and O–H groups in total. The SMILES string of the molecule is CCCOc1ccc(F)c2c(=O)c(-c3ccc(OC)cc3)cn(CCn3cc4ccccc4c3)c12. The van der Waals surface area contributed by atoms with Crippen LogP contribution < -0.4 is 14.9 Å². The normalized spacial score (nSPS) is 11.3. The molecule has 0 aliphatic heterocycles. The molecule has 35 heavy (non-hydrogen) atoms. The molecule has 5 rings (SSSR count). The first-order chi connectivity index (χ1) is 17.1. The molecule has 3 aromatic carbocycles. The van der Waals surface area contributed by atoms with Gasteiger partial charge in [0.1, 0.15) is 17.3 Å². The van der Waals surface area contributed by atoms with E-state index >= 15 is 4.39 Å². The number of pyridine rings is 1. The fourth-order valence-corrected chi connectivity index (χ4v) is 4.44. The molecule has 0 unspecified atom stereocenters. The zero-order valence-electron chi connectivity index (χ0n) is 19.8. The van der Waals surface area contributed by atoms with E-state index in [1.807, 2.05) is 42.0 Å². The molecule has 6 heteroatoms. The first-order valence-electron chi connectivity index (χ1n) is 11.8. The maximum atomic E-state index is 15.2. The smallest absolute Gasteiger partial charge is 0.200 e. The first kappa shape index (κ1) is 22.7. The van der Waals surface area contributed by atoms with E-state index in [1.54, 1.807) is 25.3 Å². The molecule has 0 saturated heterocycles. The van der Waals surface area contributed by atoms with Crippen LogP contribution in [0.4, 0.5) is 4.39 Å². The second-order valence-corrected chi connectivity index (χ2v) is 8.54. The lowest BCUT2D eigenvalue weighted by molar-refractivity contribution is 0.319. The van der Waals surface area contributed by atoms with Gasteiger partial charge in [0.2, 0.25) is 0 Å². The van der Waals surface area contributed by atoms with E-state index in [4.69, 9.17) is 9.47 Å². The van der Waals surface area contributed by atoms with Crippen LogP contribution in [0.1, 0.15) is 13.3 Å². The van der Waals surface area contributed by atoms with Crippen molar-refractivity contribution in [3.63, 3.8) is 0 Å². The van der Waals surface area contributed by atoms with Crippen LogP contribution in [-0.2, 0) is 13.1 Å². The lowest BCUT2D eigenvalue weighted by Gasteiger charge is -2.18. The molecule has 2 heterocycles. The molecule has 5 nitrogen and oxygen atoms in total. The third-order valence-electron chi connectivity index (χ3n) is 6.20. The fourth-order valence-electron chi connectivity index (χ4n) is 4.44. The maximum absolute atomic E-state index is 15.2. The van der Waals surface area contributed by atoms with E-state index < -0.39 is 5.82 Å². The predicted molar refractivity (Wildman–Crippen MR) is 138 cm³/mol. The van der Waals surface area contributed by atoms with E-state index in [0.717, 1.165) is 17.2 Å². The Morgan fingerprint density at radius 3 is 2.26 bits per heavy atom. The van der Waals surface area contributed by atoms with Gasteiger partial charge >= 0.3 is 0 Å². The Kier molecular flexibility index (Phi) is 6.27. The highest BCUT2D eigenvalue weighted by atomic mass is 19.1. The number of aromatic nitrogens is 2. The van der Waals surface area contributed by atoms with Gasteiger partial charge in [0.15, 0.2) is 5.43 Å². The molecule has 178 valence electrons. The van der Waals surface area contributed by atoms with Crippen molar-refractivity contribution < 1.29 is 13.9 Å². The van der Waals surface area contributed by atoms with Crippen LogP contribution in [0.15, 0.2) is 84.0 Å². The van der Waals surface area contributed by atoms with Gasteiger partial charge in [0.25, 0.3) is 0 Å². The van der Waals surface area contributed by atoms with Gasteiger partial charge in [0, 0.05) is 37.2 Å². The van der Waals surface area contributed by atoms with Crippen LogP contribution >= 0.6 is 0 Å². The molecule has 0 aliphatic rings. The van der Waals surface area contributed by atoms with Crippen molar-refractivity contribution in [2.45, 2.75) is 26.4 Å². The minimum atomic E-state index is -0.551. The lowest BCUT2D eigenvalue weighted by Crippen LogP contribution is -2.16. The number of rotatable bonds is 8. The van der Waals surface area contributed by atoms with Crippen molar-refractivity contribution in [3.05, 3.63) is 95.3 Å². The van der Waals surface area contributed by atoms with Gasteiger partial charge < -0.3 is 18.6 Å². The molecule has 5 aromatic rings. The zero-order chi connectivity index (χ0) is 24.4. The average molecular weight is 471 g/mol. The number of hydrogen-bond donors (Lipinski definition) is 0. The summed E-state index contributed by atoms with van der Waals surface area (Å²) in [7, 11) is 1.59. The average Bonchev–Trinajstić information content (AvgIpc) is 3.31. The number of nitrogens with zero attached hydrogens (tertiary/aromatic N) is 2. The summed E-state index contributed by atoms with van der Waals surface area (Å²) in [5.74, 6) is 0.653. The lowest BCUT2D eigenvalue weighted by atomic mass is 10.0. The zero-order valence-corrected chi connectivity index (χ0v) is 19.8. The third kappa shape index (κ3) is 4.39. The molecule has 0 spiro atoms. The van der Waals surface area contributed by atoms with Crippen LogP contribution in [0, 0.1) is 5.82 Å². The third-order valence-corrected chi connectivity index (χ3v) is 6.20. The molecule has 0 atom stereocenters. The molecular weight excluding hydrogens is 443 g/mol. The molecule has 0 aliphatic carbocycles. The standard InChI is InChI=1S/C29H27FN2O3/c1-3-16-35-26-13-12-25(30)27-28(26)32(15-14-31-17-21-6-4-5-7-22(21)18-31)19-24(29(27)33)20-8-10-23(34-2)11-9-20/h4-13,17-19H,3,14-16H2,1-2H3. The second kappa shape index (κ2) is 9.66. The largest absolute Gasteiger partial charge is 0.497 e. The van der Waals surface area contributed by atoms with Crippen LogP contribution in [0.25, 0.3) is 32.8 Å². The minimum Gasteiger partial charge on any atom is -0.497 e. The summed E-state index contributed by atoms with van der Waals surface area (Å²) < 4.78 is 30.4. The van der Waals surface area contributed by atoms with E-state index in [-0.39, 0.29) is 10.8 Å². The van der Waals surface area contributed by atoms with E-state index in [9.17, 15) is 4.79 Å². The molecule has 0 radical (unpaired) electrons. The number of benzene rings is 3. The molecule has 0 saturated carbocycles. The summed E-state index contributed by atoms with van der Waals surface area (Å²) in [5.41, 5.74) is 1.27. The van der Waals surface area contributed by atoms with Gasteiger partial charge in [-0.05, 0) is 47.0 Å². The molecule has 2 aromatic heterocycles. The quantitative estimate of drug-likeness (QED) is 0.269. The topological polar surface area (TPSA) is 45.4 Å². The van der Waals surface area contributed by atoms with E-state index in [2.05, 4.69) is 29.1 Å². The van der Waals surface area contributed by atoms with Gasteiger partial charge in [-0.2, -0.15) is 0 Å². The Morgan fingerprint density at radius 2 is 1.60 bits per heavy atom. The van der Waals surface area contributed by atoms with Crippen LogP contribution in [0.5, 0.6) is 11.5 Å². The summed E-state index contributed by atoms with van der Waals surface area (Å²) in [5, 5.41) is 2.37. The Hall–Kier alpha value is -4.06. The Morgan fingerprint density at radius 1 is 0.886 bits per heavy atom. The van der Waals surface area contributed by atoms with Crippen molar-refractivity contribution in [1.29, 1.82) is 0 Å². The van der Waals surface area contributed by atoms with Crippen molar-refractivity contribution in [3.8, 4) is 22.6 Å². The van der Waals surface area contributed by atoms with Crippen LogP contribution in [0.3, 0.4) is 0 Å². The summed E-state index contributed by atoms with van der Waals surface area (Å²) in [4.78, 5) is 13.5. The van der Waals surface area contributed by atoms with E-state index in [0.29, 0.717) is 47.8 Å². The van der Waals surface area contributed by atoms with Crippen molar-refractivity contribution in [2.24, 2.45) is 0 Å². The highest BCUT2D eigenvalue weighted by Crippen LogP contribution is 2.30. The first-order valence-corrected chi connectivity index (χ1v) is 11.8. The number of methoxy groups -OCH3 is 1. The van der Waals surface area contributed by atoms with Crippen molar-refractivity contribution >= 4 is 21.7 Å². The van der Waals surface area contributed by atoms with E-state index in [1.165, 1.54) is 6.07 Å². The molecular formula is C29H27FN2O3. The highest BCUT2D eigenvalue weighted by molar-refractivity contribution is 5.89. The summed E-state index contributed by atoms with van der Waals surface area (Å²) in [6.07, 6.45) is 6.82. The number of halogens is 1. The van der Waals surface area contributed by atoms with Gasteiger partial charge in [-0.3, -0.25) is 4.79 Å². The summed E-state index contributed by atoms with van der Waals surface area (Å²) in [6, 6.07) is 18.3. The van der Waals surface area contributed by atoms with Crippen molar-refractivity contribution in [2.75, 3.05) is 13.7 Å². The monoisotopic (exact) mass is 470 g/mol. The van der Waals surface area contributed by atoms with Crippen LogP contribution in [0.2, 0.25) is 0 Å². The number of aryl methyl sites for hydroxylation is 2. The van der Waals surface area contributed by atoms with Gasteiger partial charge in [-0.15, -0.1) is 0 Å². The van der Waals surface area contributed by atoms with Crippen molar-refractivity contribution in [1.82, 2.24) is 9.13 Å². The molecule has 0 fully saturated rings. The summed E-state index contributed by atoms with van der Waals surface area (Å²) >= 11 is 0. The number of ether oxygens (including phenoxy) is 2. The maximum Gasteiger partial charge on any atom is 0.200 e. The number of fused-ring (bicyclic) bond motifs is 2. The van der Waals surface area contributed by atoms with Crippen LogP contribution in [-0.4, -0.2) is 22.9 Å². The van der Waals surface area contributed by atoms with Gasteiger partial charge in [-0.25, -0.2) is 4.39 Å². The minimum absolute atomic E-state index is 0.0459. The Bertz CT molecular complexity index is 1520. The highest BCUT2D eigenvalue weighted by Gasteiger charge is 2.18. The molecule has 0 bridgehead atoms. The summed E-state index contributed by atoms with van der Waals surface area (Å²) in [6.45, 7) is 3.68. The Labute approximate surface area is 203 Å². The number of hydrogen-bond acceptors (Lipinski definition) is 3. The second-order valence-electron chi connectivity index (χ2n) is 8.54. The fraction of sp³-hybridized carbons (Fsp3) is 0.207. The predicted octanol–water partition coefficient (Wildman–Crippen LogP) is 6.26.